The fourth-order valence-corrected chi connectivity index (χ4v) is 2.06. The third-order valence-electron chi connectivity index (χ3n) is 2.31. The molecule has 2 heterocycles. The van der Waals surface area contributed by atoms with E-state index >= 15 is 0 Å². The molecule has 2 aromatic rings. The van der Waals surface area contributed by atoms with E-state index in [4.69, 9.17) is 0 Å². The van der Waals surface area contributed by atoms with Crippen LogP contribution in [0.5, 0.6) is 0 Å². The number of hydrogen-bond acceptors (Lipinski definition) is 3. The molecular weight excluding hydrogens is 272 g/mol. The Hall–Kier alpha value is -1.14. The second kappa shape index (κ2) is 4.39. The second-order valence-electron chi connectivity index (χ2n) is 3.79. The van der Waals surface area contributed by atoms with Gasteiger partial charge in [0.2, 0.25) is 0 Å². The molecule has 0 aliphatic rings. The molecule has 1 atom stereocenters. The number of aromatic nitrogens is 4. The molecule has 0 bridgehead atoms. The Morgan fingerprint density at radius 2 is 2.25 bits per heavy atom. The van der Waals surface area contributed by atoms with Gasteiger partial charge in [-0.15, -0.1) is 0 Å². The number of nitrogens with one attached hydrogen (secondary N) is 1. The zero-order valence-electron chi connectivity index (χ0n) is 9.05. The van der Waals surface area contributed by atoms with Crippen LogP contribution in [0.3, 0.4) is 0 Å². The van der Waals surface area contributed by atoms with Crippen LogP contribution in [0.1, 0.15) is 37.5 Å². The van der Waals surface area contributed by atoms with Gasteiger partial charge < -0.3 is 10.1 Å². The molecule has 2 N–H and O–H groups in total. The van der Waals surface area contributed by atoms with Crippen LogP contribution in [0.25, 0.3) is 0 Å². The summed E-state index contributed by atoms with van der Waals surface area (Å²) >= 11 is 3.39. The van der Waals surface area contributed by atoms with Gasteiger partial charge in [-0.1, -0.05) is 0 Å². The number of aromatic amines is 1. The number of nitrogens with zero attached hydrogens (tertiary/aromatic N) is 3. The van der Waals surface area contributed by atoms with Crippen molar-refractivity contribution in [1.29, 1.82) is 0 Å². The first-order valence-electron chi connectivity index (χ1n) is 5.01. The highest BCUT2D eigenvalue weighted by Crippen LogP contribution is 2.28. The lowest BCUT2D eigenvalue weighted by Crippen LogP contribution is -2.13. The molecule has 2 rings (SSSR count). The third kappa shape index (κ3) is 1.90. The molecule has 0 saturated heterocycles. The highest BCUT2D eigenvalue weighted by molar-refractivity contribution is 9.10. The molecule has 1 unspecified atom stereocenters. The van der Waals surface area contributed by atoms with Crippen LogP contribution in [-0.4, -0.2) is 24.9 Å². The van der Waals surface area contributed by atoms with E-state index in [2.05, 4.69) is 31.0 Å². The Morgan fingerprint density at radius 1 is 1.50 bits per heavy atom. The lowest BCUT2D eigenvalue weighted by Gasteiger charge is -2.15. The molecule has 16 heavy (non-hydrogen) atoms. The van der Waals surface area contributed by atoms with Gasteiger partial charge >= 0.3 is 0 Å². The van der Waals surface area contributed by atoms with Crippen molar-refractivity contribution < 1.29 is 5.11 Å². The van der Waals surface area contributed by atoms with E-state index < -0.39 is 6.10 Å². The minimum Gasteiger partial charge on any atom is -0.379 e. The monoisotopic (exact) mass is 284 g/mol. The number of aliphatic hydroxyl groups is 1. The van der Waals surface area contributed by atoms with Crippen LogP contribution in [-0.2, 0) is 0 Å². The predicted molar refractivity (Wildman–Crippen MR) is 63.0 cm³/mol. The van der Waals surface area contributed by atoms with E-state index in [9.17, 15) is 5.11 Å². The summed E-state index contributed by atoms with van der Waals surface area (Å²) < 4.78 is 2.56. The fraction of sp³-hybridized carbons (Fsp3) is 0.400. The van der Waals surface area contributed by atoms with Crippen molar-refractivity contribution in [2.24, 2.45) is 0 Å². The first-order valence-corrected chi connectivity index (χ1v) is 5.80. The van der Waals surface area contributed by atoms with Crippen molar-refractivity contribution in [3.63, 3.8) is 0 Å². The topological polar surface area (TPSA) is 66.7 Å². The second-order valence-corrected chi connectivity index (χ2v) is 4.65. The summed E-state index contributed by atoms with van der Waals surface area (Å²) in [5.74, 6) is 0.517. The van der Waals surface area contributed by atoms with Gasteiger partial charge in [0, 0.05) is 18.4 Å². The van der Waals surface area contributed by atoms with Gasteiger partial charge in [-0.25, -0.2) is 4.98 Å². The molecule has 0 aliphatic carbocycles. The van der Waals surface area contributed by atoms with Gasteiger partial charge in [-0.05, 0) is 29.8 Å². The summed E-state index contributed by atoms with van der Waals surface area (Å²) in [6.07, 6.45) is 4.18. The summed E-state index contributed by atoms with van der Waals surface area (Å²) in [5, 5.41) is 14.4. The Labute approximate surface area is 102 Å². The van der Waals surface area contributed by atoms with E-state index in [0.29, 0.717) is 11.5 Å². The lowest BCUT2D eigenvalue weighted by molar-refractivity contribution is 0.195. The maximum Gasteiger partial charge on any atom is 0.154 e. The number of H-pyrrole nitrogens is 1. The number of aliphatic hydroxyl groups excluding tert-OH is 1. The van der Waals surface area contributed by atoms with Gasteiger partial charge in [0.25, 0.3) is 0 Å². The quantitative estimate of drug-likeness (QED) is 0.906. The summed E-state index contributed by atoms with van der Waals surface area (Å²) in [4.78, 5) is 6.94. The third-order valence-corrected chi connectivity index (χ3v) is 2.92. The molecule has 0 amide bonds. The predicted octanol–water partition coefficient (Wildman–Crippen LogP) is 2.03. The van der Waals surface area contributed by atoms with E-state index in [1.807, 2.05) is 13.8 Å². The van der Waals surface area contributed by atoms with E-state index in [-0.39, 0.29) is 6.04 Å². The Balaban J connectivity index is 2.43. The molecule has 0 spiro atoms. The Bertz CT molecular complexity index is 463. The Morgan fingerprint density at radius 3 is 2.81 bits per heavy atom. The summed E-state index contributed by atoms with van der Waals surface area (Å²) in [5.41, 5.74) is 0.713. The van der Waals surface area contributed by atoms with Gasteiger partial charge in [0.15, 0.2) is 6.10 Å². The highest BCUT2D eigenvalue weighted by atomic mass is 79.9. The van der Waals surface area contributed by atoms with Crippen molar-refractivity contribution in [3.05, 3.63) is 34.6 Å². The maximum absolute atomic E-state index is 10.2. The normalized spacial score (nSPS) is 13.3. The molecule has 0 radical (unpaired) electrons. The minimum atomic E-state index is -0.797. The number of hydrogen-bond donors (Lipinski definition) is 2. The number of halogens is 1. The van der Waals surface area contributed by atoms with Crippen molar-refractivity contribution >= 4 is 15.9 Å². The van der Waals surface area contributed by atoms with E-state index in [1.165, 1.54) is 0 Å². The van der Waals surface area contributed by atoms with Gasteiger partial charge in [-0.3, -0.25) is 4.68 Å². The van der Waals surface area contributed by atoms with Crippen molar-refractivity contribution in [2.75, 3.05) is 0 Å². The lowest BCUT2D eigenvalue weighted by atomic mass is 10.2. The fourth-order valence-electron chi connectivity index (χ4n) is 1.57. The minimum absolute atomic E-state index is 0.186. The molecule has 2 aromatic heterocycles. The number of rotatable bonds is 3. The summed E-state index contributed by atoms with van der Waals surface area (Å²) in [7, 11) is 0. The SMILES string of the molecule is CC(C)n1ncc(Br)c1C(O)c1ncc[nH]1. The molecule has 86 valence electrons. The van der Waals surface area contributed by atoms with Gasteiger partial charge in [0.1, 0.15) is 5.82 Å². The van der Waals surface area contributed by atoms with E-state index in [0.717, 1.165) is 4.47 Å². The van der Waals surface area contributed by atoms with Crippen LogP contribution in [0, 0.1) is 0 Å². The zero-order valence-corrected chi connectivity index (χ0v) is 10.6. The van der Waals surface area contributed by atoms with Crippen LogP contribution >= 0.6 is 15.9 Å². The van der Waals surface area contributed by atoms with Crippen molar-refractivity contribution in [2.45, 2.75) is 26.0 Å². The van der Waals surface area contributed by atoms with Gasteiger partial charge in [0.05, 0.1) is 16.4 Å². The molecular formula is C10H13BrN4O. The average Bonchev–Trinajstić information content (AvgIpc) is 2.84. The summed E-state index contributed by atoms with van der Waals surface area (Å²) in [6.45, 7) is 4.02. The van der Waals surface area contributed by atoms with Crippen LogP contribution in [0.15, 0.2) is 23.1 Å². The Kier molecular flexibility index (Phi) is 3.11. The molecule has 0 aromatic carbocycles. The molecule has 6 heteroatoms. The standard InChI is InChI=1S/C10H13BrN4O/c1-6(2)15-8(7(11)5-14-15)9(16)10-12-3-4-13-10/h3-6,9,16H,1-2H3,(H,12,13). The summed E-state index contributed by atoms with van der Waals surface area (Å²) in [6, 6.07) is 0.186. The maximum atomic E-state index is 10.2. The number of imidazole rings is 1. The van der Waals surface area contributed by atoms with Crippen LogP contribution in [0.4, 0.5) is 0 Å². The van der Waals surface area contributed by atoms with Crippen LogP contribution in [0.2, 0.25) is 0 Å². The first kappa shape index (κ1) is 11.3. The average molecular weight is 285 g/mol. The molecule has 0 fully saturated rings. The largest absolute Gasteiger partial charge is 0.379 e. The first-order chi connectivity index (χ1) is 7.61. The molecule has 0 aliphatic heterocycles. The zero-order chi connectivity index (χ0) is 11.7. The van der Waals surface area contributed by atoms with Crippen molar-refractivity contribution in [1.82, 2.24) is 19.7 Å². The van der Waals surface area contributed by atoms with Gasteiger partial charge in [-0.2, -0.15) is 5.10 Å². The smallest absolute Gasteiger partial charge is 0.154 e. The highest BCUT2D eigenvalue weighted by Gasteiger charge is 2.22. The molecule has 5 nitrogen and oxygen atoms in total. The van der Waals surface area contributed by atoms with Crippen LogP contribution < -0.4 is 0 Å². The van der Waals surface area contributed by atoms with E-state index in [1.54, 1.807) is 23.3 Å². The molecule has 0 saturated carbocycles. The van der Waals surface area contributed by atoms with Crippen molar-refractivity contribution in [3.8, 4) is 0 Å².